The lowest BCUT2D eigenvalue weighted by molar-refractivity contribution is 0.316. The number of oxime groups is 1. The molecule has 0 unspecified atom stereocenters. The molecule has 1 rings (SSSR count). The van der Waals surface area contributed by atoms with Crippen molar-refractivity contribution in [2.75, 3.05) is 6.54 Å². The molecule has 4 nitrogen and oxygen atoms in total. The molecule has 0 aliphatic carbocycles. The van der Waals surface area contributed by atoms with Crippen molar-refractivity contribution < 1.29 is 5.21 Å². The largest absolute Gasteiger partial charge is 0.409 e. The van der Waals surface area contributed by atoms with E-state index in [1.54, 1.807) is 0 Å². The van der Waals surface area contributed by atoms with Crippen LogP contribution < -0.4 is 11.1 Å². The highest BCUT2D eigenvalue weighted by Gasteiger charge is 2.04. The first-order valence-electron chi connectivity index (χ1n) is 5.08. The van der Waals surface area contributed by atoms with Gasteiger partial charge in [-0.25, -0.2) is 0 Å². The molecule has 0 bridgehead atoms. The van der Waals surface area contributed by atoms with Crippen molar-refractivity contribution in [1.82, 2.24) is 5.32 Å². The predicted molar refractivity (Wildman–Crippen MR) is 65.9 cm³/mol. The third-order valence-corrected chi connectivity index (χ3v) is 2.54. The quantitative estimate of drug-likeness (QED) is 0.320. The second-order valence-corrected chi connectivity index (χ2v) is 4.01. The van der Waals surface area contributed by atoms with Crippen molar-refractivity contribution in [3.8, 4) is 0 Å². The van der Waals surface area contributed by atoms with E-state index in [1.165, 1.54) is 0 Å². The molecule has 0 amide bonds. The van der Waals surface area contributed by atoms with Gasteiger partial charge in [-0.15, -0.1) is 0 Å². The minimum atomic E-state index is 0.185. The Morgan fingerprint density at radius 2 is 2.38 bits per heavy atom. The molecule has 5 heteroatoms. The fourth-order valence-electron chi connectivity index (χ4n) is 1.36. The number of rotatable bonds is 5. The molecule has 0 heterocycles. The van der Waals surface area contributed by atoms with Crippen LogP contribution in [0.5, 0.6) is 0 Å². The summed E-state index contributed by atoms with van der Waals surface area (Å²) in [7, 11) is 0. The van der Waals surface area contributed by atoms with Crippen LogP contribution in [0.4, 0.5) is 0 Å². The van der Waals surface area contributed by atoms with Crippen LogP contribution in [-0.2, 0) is 0 Å². The number of nitrogens with one attached hydrogen (secondary N) is 1. The van der Waals surface area contributed by atoms with Gasteiger partial charge in [0.25, 0.3) is 0 Å². The van der Waals surface area contributed by atoms with Gasteiger partial charge < -0.3 is 16.3 Å². The molecular weight excluding hydrogens is 226 g/mol. The van der Waals surface area contributed by atoms with Gasteiger partial charge >= 0.3 is 0 Å². The molecule has 0 aliphatic rings. The van der Waals surface area contributed by atoms with Crippen molar-refractivity contribution in [1.29, 1.82) is 0 Å². The van der Waals surface area contributed by atoms with Crippen molar-refractivity contribution >= 4 is 17.4 Å². The lowest BCUT2D eigenvalue weighted by Crippen LogP contribution is -2.24. The predicted octanol–water partition coefficient (Wildman–Crippen LogP) is 2.13. The summed E-state index contributed by atoms with van der Waals surface area (Å²) in [6, 6.07) is 7.87. The second-order valence-electron chi connectivity index (χ2n) is 3.57. The third kappa shape index (κ3) is 4.08. The first-order valence-corrected chi connectivity index (χ1v) is 5.46. The maximum atomic E-state index is 8.37. The third-order valence-electron chi connectivity index (χ3n) is 2.31. The zero-order chi connectivity index (χ0) is 12.0. The SMILES string of the molecule is C[C@H](NCC/C(N)=N/O)c1cccc(Cl)c1. The molecular formula is C11H16ClN3O. The van der Waals surface area contributed by atoms with E-state index >= 15 is 0 Å². The Kier molecular flexibility index (Phi) is 5.08. The minimum absolute atomic E-state index is 0.185. The fourth-order valence-corrected chi connectivity index (χ4v) is 1.56. The topological polar surface area (TPSA) is 70.6 Å². The van der Waals surface area contributed by atoms with Crippen LogP contribution in [0.15, 0.2) is 29.4 Å². The maximum Gasteiger partial charge on any atom is 0.140 e. The van der Waals surface area contributed by atoms with Crippen molar-refractivity contribution in [2.45, 2.75) is 19.4 Å². The van der Waals surface area contributed by atoms with Gasteiger partial charge in [0, 0.05) is 24.0 Å². The Balaban J connectivity index is 2.44. The van der Waals surface area contributed by atoms with Gasteiger partial charge in [0.2, 0.25) is 0 Å². The van der Waals surface area contributed by atoms with E-state index < -0.39 is 0 Å². The van der Waals surface area contributed by atoms with Gasteiger partial charge in [0.05, 0.1) is 0 Å². The van der Waals surface area contributed by atoms with Crippen LogP contribution in [0, 0.1) is 0 Å². The molecule has 1 aromatic carbocycles. The average molecular weight is 242 g/mol. The summed E-state index contributed by atoms with van der Waals surface area (Å²) in [6.45, 7) is 2.70. The summed E-state index contributed by atoms with van der Waals surface area (Å²) < 4.78 is 0. The molecule has 0 spiro atoms. The molecule has 0 aliphatic heterocycles. The van der Waals surface area contributed by atoms with E-state index in [0.29, 0.717) is 13.0 Å². The number of hydrogen-bond acceptors (Lipinski definition) is 3. The fraction of sp³-hybridized carbons (Fsp3) is 0.364. The van der Waals surface area contributed by atoms with Gasteiger partial charge in [-0.05, 0) is 24.6 Å². The minimum Gasteiger partial charge on any atom is -0.409 e. The van der Waals surface area contributed by atoms with E-state index in [1.807, 2.05) is 31.2 Å². The number of nitrogens with zero attached hydrogens (tertiary/aromatic N) is 1. The van der Waals surface area contributed by atoms with E-state index in [-0.39, 0.29) is 11.9 Å². The summed E-state index contributed by atoms with van der Waals surface area (Å²) in [6.07, 6.45) is 0.515. The molecule has 0 fully saturated rings. The molecule has 16 heavy (non-hydrogen) atoms. The van der Waals surface area contributed by atoms with Crippen molar-refractivity contribution in [3.05, 3.63) is 34.9 Å². The van der Waals surface area contributed by atoms with E-state index in [0.717, 1.165) is 10.6 Å². The van der Waals surface area contributed by atoms with E-state index in [2.05, 4.69) is 10.5 Å². The molecule has 0 saturated heterocycles. The van der Waals surface area contributed by atoms with E-state index in [4.69, 9.17) is 22.5 Å². The second kappa shape index (κ2) is 6.35. The maximum absolute atomic E-state index is 8.37. The molecule has 0 aromatic heterocycles. The van der Waals surface area contributed by atoms with Crippen LogP contribution in [0.2, 0.25) is 5.02 Å². The molecule has 1 atom stereocenters. The number of benzene rings is 1. The highest BCUT2D eigenvalue weighted by atomic mass is 35.5. The van der Waals surface area contributed by atoms with Gasteiger partial charge in [0.15, 0.2) is 0 Å². The number of halogens is 1. The molecule has 88 valence electrons. The zero-order valence-corrected chi connectivity index (χ0v) is 9.91. The Bertz CT molecular complexity index is 368. The molecule has 0 saturated carbocycles. The monoisotopic (exact) mass is 241 g/mol. The lowest BCUT2D eigenvalue weighted by Gasteiger charge is -2.14. The van der Waals surface area contributed by atoms with Gasteiger partial charge in [-0.1, -0.05) is 28.9 Å². The van der Waals surface area contributed by atoms with Crippen LogP contribution >= 0.6 is 11.6 Å². The van der Waals surface area contributed by atoms with Crippen LogP contribution in [0.25, 0.3) is 0 Å². The molecule has 0 radical (unpaired) electrons. The summed E-state index contributed by atoms with van der Waals surface area (Å²) in [5.74, 6) is 0.228. The highest BCUT2D eigenvalue weighted by molar-refractivity contribution is 6.30. The van der Waals surface area contributed by atoms with E-state index in [9.17, 15) is 0 Å². The lowest BCUT2D eigenvalue weighted by atomic mass is 10.1. The van der Waals surface area contributed by atoms with Gasteiger partial charge in [0.1, 0.15) is 5.84 Å². The normalized spacial score (nSPS) is 13.8. The Labute approximate surface area is 100 Å². The summed E-state index contributed by atoms with van der Waals surface area (Å²) in [5.41, 5.74) is 6.48. The van der Waals surface area contributed by atoms with Crippen LogP contribution in [0.3, 0.4) is 0 Å². The highest BCUT2D eigenvalue weighted by Crippen LogP contribution is 2.16. The van der Waals surface area contributed by atoms with Crippen LogP contribution in [0.1, 0.15) is 24.9 Å². The van der Waals surface area contributed by atoms with Crippen molar-refractivity contribution in [2.24, 2.45) is 10.9 Å². The summed E-state index contributed by atoms with van der Waals surface area (Å²) >= 11 is 5.90. The van der Waals surface area contributed by atoms with Gasteiger partial charge in [-0.2, -0.15) is 0 Å². The molecule has 4 N–H and O–H groups in total. The Morgan fingerprint density at radius 3 is 3.00 bits per heavy atom. The van der Waals surface area contributed by atoms with Crippen molar-refractivity contribution in [3.63, 3.8) is 0 Å². The van der Waals surface area contributed by atoms with Gasteiger partial charge in [-0.3, -0.25) is 0 Å². The Hall–Kier alpha value is -1.26. The molecule has 1 aromatic rings. The number of nitrogens with two attached hydrogens (primary N) is 1. The summed E-state index contributed by atoms with van der Waals surface area (Å²) in [5, 5.41) is 15.3. The average Bonchev–Trinajstić information content (AvgIpc) is 2.28. The number of amidine groups is 1. The smallest absolute Gasteiger partial charge is 0.140 e. The van der Waals surface area contributed by atoms with Crippen LogP contribution in [-0.4, -0.2) is 17.6 Å². The first kappa shape index (κ1) is 12.8. The first-order chi connectivity index (χ1) is 7.63. The Morgan fingerprint density at radius 1 is 1.62 bits per heavy atom. The zero-order valence-electron chi connectivity index (χ0n) is 9.15. The summed E-state index contributed by atoms with van der Waals surface area (Å²) in [4.78, 5) is 0. The standard InChI is InChI=1S/C11H16ClN3O/c1-8(14-6-5-11(13)15-16)9-3-2-4-10(12)7-9/h2-4,7-8,14,16H,5-6H2,1H3,(H2,13,15)/t8-/m0/s1. The number of hydrogen-bond donors (Lipinski definition) is 3.